The molecule has 0 aliphatic heterocycles. The Morgan fingerprint density at radius 3 is 1.42 bits per heavy atom. The fraction of sp³-hybridized carbons (Fsp3) is 0.867. The first kappa shape index (κ1) is 53.5. The van der Waals surface area contributed by atoms with Crippen molar-refractivity contribution in [3.8, 4) is 0 Å². The van der Waals surface area contributed by atoms with Gasteiger partial charge in [-0.2, -0.15) is 0 Å². The summed E-state index contributed by atoms with van der Waals surface area (Å²) in [4.78, 5) is 34.9. The number of nitrogens with two attached hydrogens (primary N) is 1. The Labute approximate surface area is 338 Å². The number of unbranched alkanes of at least 4 members (excludes halogenated alkanes) is 26. The molecule has 0 amide bonds. The quantitative estimate of drug-likeness (QED) is 0.0267. The van der Waals surface area contributed by atoms with Crippen molar-refractivity contribution in [2.45, 2.75) is 225 Å². The Balaban J connectivity index is 4.09. The van der Waals surface area contributed by atoms with Gasteiger partial charge in [0.1, 0.15) is 6.61 Å². The molecule has 2 atom stereocenters. The zero-order valence-corrected chi connectivity index (χ0v) is 36.6. The molecule has 3 N–H and O–H groups in total. The first-order valence-electron chi connectivity index (χ1n) is 22.8. The molecular formula is C45H86NO8P. The van der Waals surface area contributed by atoms with Crippen molar-refractivity contribution in [1.82, 2.24) is 0 Å². The predicted molar refractivity (Wildman–Crippen MR) is 229 cm³/mol. The van der Waals surface area contributed by atoms with Gasteiger partial charge in [0.05, 0.1) is 13.2 Å². The van der Waals surface area contributed by atoms with Crippen molar-refractivity contribution in [1.29, 1.82) is 0 Å². The lowest BCUT2D eigenvalue weighted by Crippen LogP contribution is -2.29. The van der Waals surface area contributed by atoms with E-state index in [1.807, 2.05) is 0 Å². The van der Waals surface area contributed by atoms with E-state index in [9.17, 15) is 19.0 Å². The first-order valence-corrected chi connectivity index (χ1v) is 24.3. The molecule has 0 aromatic heterocycles. The van der Waals surface area contributed by atoms with Crippen molar-refractivity contribution in [3.63, 3.8) is 0 Å². The third kappa shape index (κ3) is 41.9. The lowest BCUT2D eigenvalue weighted by Gasteiger charge is -2.19. The van der Waals surface area contributed by atoms with Gasteiger partial charge < -0.3 is 20.1 Å². The maximum Gasteiger partial charge on any atom is 0.472 e. The molecular weight excluding hydrogens is 713 g/mol. The van der Waals surface area contributed by atoms with Gasteiger partial charge in [0, 0.05) is 19.4 Å². The molecule has 0 spiro atoms. The molecule has 55 heavy (non-hydrogen) atoms. The second-order valence-electron chi connectivity index (χ2n) is 15.3. The van der Waals surface area contributed by atoms with Gasteiger partial charge in [-0.15, -0.1) is 0 Å². The van der Waals surface area contributed by atoms with Gasteiger partial charge in [0.2, 0.25) is 0 Å². The highest BCUT2D eigenvalue weighted by atomic mass is 31.2. The zero-order chi connectivity index (χ0) is 40.3. The van der Waals surface area contributed by atoms with Crippen LogP contribution in [0.5, 0.6) is 0 Å². The second-order valence-corrected chi connectivity index (χ2v) is 16.7. The SMILES string of the molecule is CCCCC/C=C\C/C=C\CCCCCCCC(=O)OC(COC(=O)CCCCCCCCCCCCCCCCCCCCC)COP(=O)(O)OCCN. The molecule has 0 radical (unpaired) electrons. The van der Waals surface area contributed by atoms with E-state index >= 15 is 0 Å². The van der Waals surface area contributed by atoms with Crippen molar-refractivity contribution in [2.24, 2.45) is 5.73 Å². The Hall–Kier alpha value is -1.51. The number of ether oxygens (including phenoxy) is 2. The maximum atomic E-state index is 12.6. The van der Waals surface area contributed by atoms with Crippen LogP contribution < -0.4 is 5.73 Å². The van der Waals surface area contributed by atoms with Crippen LogP contribution in [0.25, 0.3) is 0 Å². The number of carbonyl (C=O) groups excluding carboxylic acids is 2. The van der Waals surface area contributed by atoms with E-state index in [1.165, 1.54) is 128 Å². The zero-order valence-electron chi connectivity index (χ0n) is 35.7. The standard InChI is InChI=1S/C45H86NO8P/c1-3-5-7-9-11-13-15-17-19-20-21-22-24-25-27-29-31-33-35-37-44(47)51-41-43(42-53-55(49,50)52-40-39-46)54-45(48)38-36-34-32-30-28-26-23-18-16-14-12-10-8-6-4-2/h12,14,18,23,43H,3-11,13,15-17,19-22,24-42,46H2,1-2H3,(H,49,50)/b14-12-,23-18-. The summed E-state index contributed by atoms with van der Waals surface area (Å²) >= 11 is 0. The number of phosphoric acid groups is 1. The average Bonchev–Trinajstić information content (AvgIpc) is 3.17. The van der Waals surface area contributed by atoms with E-state index < -0.39 is 26.5 Å². The van der Waals surface area contributed by atoms with Crippen LogP contribution in [0, 0.1) is 0 Å². The normalized spacial score (nSPS) is 13.5. The molecule has 2 unspecified atom stereocenters. The number of hydrogen-bond acceptors (Lipinski definition) is 8. The van der Waals surface area contributed by atoms with Crippen LogP contribution in [-0.4, -0.2) is 49.3 Å². The molecule has 0 saturated carbocycles. The van der Waals surface area contributed by atoms with E-state index in [-0.39, 0.29) is 38.6 Å². The van der Waals surface area contributed by atoms with Gasteiger partial charge in [0.15, 0.2) is 6.10 Å². The number of hydrogen-bond donors (Lipinski definition) is 2. The molecule has 0 fully saturated rings. The van der Waals surface area contributed by atoms with E-state index in [0.29, 0.717) is 6.42 Å². The summed E-state index contributed by atoms with van der Waals surface area (Å²) in [5, 5.41) is 0. The molecule has 0 aromatic carbocycles. The van der Waals surface area contributed by atoms with Crippen molar-refractivity contribution in [3.05, 3.63) is 24.3 Å². The molecule has 0 rings (SSSR count). The minimum atomic E-state index is -4.38. The van der Waals surface area contributed by atoms with Gasteiger partial charge in [-0.05, 0) is 44.9 Å². The molecule has 0 bridgehead atoms. The summed E-state index contributed by atoms with van der Waals surface area (Å²) in [7, 11) is -4.38. The molecule has 0 heterocycles. The number of phosphoric ester groups is 1. The van der Waals surface area contributed by atoms with Crippen LogP contribution in [0.1, 0.15) is 219 Å². The molecule has 9 nitrogen and oxygen atoms in total. The van der Waals surface area contributed by atoms with Crippen LogP contribution in [0.3, 0.4) is 0 Å². The summed E-state index contributed by atoms with van der Waals surface area (Å²) in [6, 6.07) is 0. The van der Waals surface area contributed by atoms with Gasteiger partial charge in [0.25, 0.3) is 0 Å². The van der Waals surface area contributed by atoms with Gasteiger partial charge in [-0.25, -0.2) is 4.57 Å². The highest BCUT2D eigenvalue weighted by molar-refractivity contribution is 7.47. The minimum Gasteiger partial charge on any atom is -0.462 e. The van der Waals surface area contributed by atoms with Gasteiger partial charge in [-0.1, -0.05) is 186 Å². The van der Waals surface area contributed by atoms with Crippen LogP contribution in [0.15, 0.2) is 24.3 Å². The Morgan fingerprint density at radius 2 is 0.945 bits per heavy atom. The Morgan fingerprint density at radius 1 is 0.545 bits per heavy atom. The fourth-order valence-electron chi connectivity index (χ4n) is 6.43. The smallest absolute Gasteiger partial charge is 0.462 e. The third-order valence-corrected chi connectivity index (χ3v) is 10.8. The molecule has 0 saturated heterocycles. The monoisotopic (exact) mass is 800 g/mol. The maximum absolute atomic E-state index is 12.6. The van der Waals surface area contributed by atoms with Crippen LogP contribution in [0.4, 0.5) is 0 Å². The van der Waals surface area contributed by atoms with E-state index in [0.717, 1.165) is 57.8 Å². The number of allylic oxidation sites excluding steroid dienone is 4. The summed E-state index contributed by atoms with van der Waals surface area (Å²) in [6.07, 6.45) is 44.9. The second kappa shape index (κ2) is 42.1. The molecule has 0 aliphatic rings. The lowest BCUT2D eigenvalue weighted by molar-refractivity contribution is -0.161. The van der Waals surface area contributed by atoms with Crippen molar-refractivity contribution >= 4 is 19.8 Å². The third-order valence-electron chi connectivity index (χ3n) is 9.84. The molecule has 0 aliphatic carbocycles. The lowest BCUT2D eigenvalue weighted by atomic mass is 10.0. The highest BCUT2D eigenvalue weighted by Gasteiger charge is 2.26. The van der Waals surface area contributed by atoms with Gasteiger partial charge >= 0.3 is 19.8 Å². The number of carbonyl (C=O) groups is 2. The topological polar surface area (TPSA) is 134 Å². The van der Waals surface area contributed by atoms with Gasteiger partial charge in [-0.3, -0.25) is 18.6 Å². The first-order chi connectivity index (χ1) is 26.8. The largest absolute Gasteiger partial charge is 0.472 e. The van der Waals surface area contributed by atoms with Crippen LogP contribution in [-0.2, 0) is 32.7 Å². The minimum absolute atomic E-state index is 0.0525. The Kier molecular flexibility index (Phi) is 40.9. The molecule has 324 valence electrons. The van der Waals surface area contributed by atoms with Crippen molar-refractivity contribution in [2.75, 3.05) is 26.4 Å². The highest BCUT2D eigenvalue weighted by Crippen LogP contribution is 2.43. The number of rotatable bonds is 43. The van der Waals surface area contributed by atoms with Crippen LogP contribution >= 0.6 is 7.82 Å². The van der Waals surface area contributed by atoms with E-state index in [1.54, 1.807) is 0 Å². The Bertz CT molecular complexity index is 959. The van der Waals surface area contributed by atoms with E-state index in [4.69, 9.17) is 24.3 Å². The fourth-order valence-corrected chi connectivity index (χ4v) is 7.20. The summed E-state index contributed by atoms with van der Waals surface area (Å²) < 4.78 is 32.8. The summed E-state index contributed by atoms with van der Waals surface area (Å²) in [5.41, 5.74) is 5.35. The summed E-state index contributed by atoms with van der Waals surface area (Å²) in [5.74, 6) is -0.835. The summed E-state index contributed by atoms with van der Waals surface area (Å²) in [6.45, 7) is 3.72. The average molecular weight is 800 g/mol. The van der Waals surface area contributed by atoms with E-state index in [2.05, 4.69) is 38.2 Å². The molecule has 0 aromatic rings. The predicted octanol–water partition coefficient (Wildman–Crippen LogP) is 13.2. The van der Waals surface area contributed by atoms with Crippen LogP contribution in [0.2, 0.25) is 0 Å². The number of esters is 2. The molecule has 10 heteroatoms. The van der Waals surface area contributed by atoms with Crippen molar-refractivity contribution < 1.29 is 37.6 Å².